The molecule has 1 aliphatic heterocycles. The average Bonchev–Trinajstić information content (AvgIpc) is 3.00. The van der Waals surface area contributed by atoms with Gasteiger partial charge in [-0.2, -0.15) is 21.6 Å². The molecule has 1 amide bonds. The lowest BCUT2D eigenvalue weighted by Crippen LogP contribution is -2.45. The van der Waals surface area contributed by atoms with Gasteiger partial charge >= 0.3 is 6.18 Å². The summed E-state index contributed by atoms with van der Waals surface area (Å²) in [5.74, 6) is -0.897. The number of benzene rings is 1. The number of alkyl halides is 3. The van der Waals surface area contributed by atoms with E-state index in [1.165, 1.54) is 0 Å². The fourth-order valence-corrected chi connectivity index (χ4v) is 4.34. The first kappa shape index (κ1) is 21.3. The molecule has 12 heteroatoms. The molecule has 0 radical (unpaired) electrons. The van der Waals surface area contributed by atoms with E-state index < -0.39 is 55.7 Å². The van der Waals surface area contributed by atoms with Crippen molar-refractivity contribution in [1.29, 1.82) is 0 Å². The maximum Gasteiger partial charge on any atom is 0.417 e. The van der Waals surface area contributed by atoms with Crippen molar-refractivity contribution < 1.29 is 30.9 Å². The average molecular weight is 433 g/mol. The summed E-state index contributed by atoms with van der Waals surface area (Å²) in [4.78, 5) is 25.9. The number of nitrogens with two attached hydrogens (primary N) is 1. The van der Waals surface area contributed by atoms with Crippen molar-refractivity contribution in [2.24, 2.45) is 5.73 Å². The summed E-state index contributed by atoms with van der Waals surface area (Å²) >= 11 is 0. The Hall–Kier alpha value is -2.44. The number of amides is 1. The maximum atomic E-state index is 13.5. The third-order valence-electron chi connectivity index (χ3n) is 5.14. The lowest BCUT2D eigenvalue weighted by Gasteiger charge is -2.30. The highest BCUT2D eigenvalue weighted by atomic mass is 32.2. The molecular formula is C17H18F3N3O5S. The zero-order chi connectivity index (χ0) is 21.7. The summed E-state index contributed by atoms with van der Waals surface area (Å²) in [5, 5.41) is -0.640. The summed E-state index contributed by atoms with van der Waals surface area (Å²) in [7, 11) is -3.09. The van der Waals surface area contributed by atoms with E-state index in [1.54, 1.807) is 11.9 Å². The van der Waals surface area contributed by atoms with Gasteiger partial charge in [-0.3, -0.25) is 18.7 Å². The van der Waals surface area contributed by atoms with Gasteiger partial charge in [-0.05, 0) is 44.6 Å². The molecule has 1 aromatic carbocycles. The third-order valence-corrected chi connectivity index (χ3v) is 5.99. The number of pyridine rings is 1. The molecule has 8 nitrogen and oxygen atoms in total. The normalized spacial score (nSPS) is 19.6. The Morgan fingerprint density at radius 3 is 2.45 bits per heavy atom. The molecule has 0 aliphatic carbocycles. The minimum Gasteiger partial charge on any atom is -0.368 e. The molecule has 158 valence electrons. The molecule has 0 saturated carbocycles. The monoisotopic (exact) mass is 433 g/mol. The van der Waals surface area contributed by atoms with Crippen LogP contribution in [0.4, 0.5) is 13.2 Å². The fourth-order valence-electron chi connectivity index (χ4n) is 3.84. The van der Waals surface area contributed by atoms with Crippen molar-refractivity contribution in [3.8, 4) is 0 Å². The van der Waals surface area contributed by atoms with Crippen molar-refractivity contribution in [3.05, 3.63) is 40.2 Å². The Balaban J connectivity index is 2.40. The number of nitrogens with zero attached hydrogens (tertiary/aromatic N) is 2. The number of hydrogen-bond acceptors (Lipinski definition) is 5. The molecule has 0 bridgehead atoms. The van der Waals surface area contributed by atoms with Crippen LogP contribution in [-0.4, -0.2) is 48.0 Å². The number of hydrogen-bond donors (Lipinski definition) is 2. The van der Waals surface area contributed by atoms with Crippen molar-refractivity contribution in [3.63, 3.8) is 0 Å². The van der Waals surface area contributed by atoms with Gasteiger partial charge in [0.05, 0.1) is 16.0 Å². The van der Waals surface area contributed by atoms with E-state index in [0.29, 0.717) is 31.5 Å². The molecule has 1 saturated heterocycles. The van der Waals surface area contributed by atoms with Crippen LogP contribution in [0, 0.1) is 0 Å². The Morgan fingerprint density at radius 1 is 1.31 bits per heavy atom. The summed E-state index contributed by atoms with van der Waals surface area (Å²) in [6.07, 6.45) is -3.76. The standard InChI is InChI=1S/C17H18F3N3O5S/c1-22-6-2-3-13(22)15(16(21)25)23-12-5-4-9(29(26,27)28)7-10(12)11(8-14(23)24)17(18,19)20/h4-5,7-8,13,15H,2-3,6H2,1H3,(H2,21,25)(H,26,27,28). The van der Waals surface area contributed by atoms with E-state index in [0.717, 1.165) is 16.7 Å². The highest BCUT2D eigenvalue weighted by Gasteiger charge is 2.39. The smallest absolute Gasteiger partial charge is 0.368 e. The van der Waals surface area contributed by atoms with E-state index in [-0.39, 0.29) is 5.52 Å². The van der Waals surface area contributed by atoms with Gasteiger partial charge in [-0.25, -0.2) is 0 Å². The van der Waals surface area contributed by atoms with Gasteiger partial charge < -0.3 is 10.6 Å². The molecule has 1 fully saturated rings. The van der Waals surface area contributed by atoms with Gasteiger partial charge in [0.15, 0.2) is 0 Å². The number of rotatable bonds is 4. The Labute approximate surface area is 163 Å². The van der Waals surface area contributed by atoms with Gasteiger partial charge in [0.1, 0.15) is 6.04 Å². The highest BCUT2D eigenvalue weighted by Crippen LogP contribution is 2.36. The van der Waals surface area contributed by atoms with Crippen LogP contribution in [0.3, 0.4) is 0 Å². The quantitative estimate of drug-likeness (QED) is 0.703. The molecule has 1 aliphatic rings. The van der Waals surface area contributed by atoms with Crippen LogP contribution in [0.15, 0.2) is 34.0 Å². The number of carbonyl (C=O) groups is 1. The van der Waals surface area contributed by atoms with E-state index in [2.05, 4.69) is 0 Å². The molecule has 29 heavy (non-hydrogen) atoms. The summed E-state index contributed by atoms with van der Waals surface area (Å²) < 4.78 is 73.5. The van der Waals surface area contributed by atoms with Crippen LogP contribution in [0.2, 0.25) is 0 Å². The van der Waals surface area contributed by atoms with Gasteiger partial charge in [0, 0.05) is 17.5 Å². The maximum absolute atomic E-state index is 13.5. The van der Waals surface area contributed by atoms with E-state index >= 15 is 0 Å². The lowest BCUT2D eigenvalue weighted by molar-refractivity contribution is -0.136. The number of halogens is 3. The number of carbonyl (C=O) groups excluding carboxylic acids is 1. The number of likely N-dealkylation sites (tertiary alicyclic amines) is 1. The predicted molar refractivity (Wildman–Crippen MR) is 96.9 cm³/mol. The predicted octanol–water partition coefficient (Wildman–Crippen LogP) is 1.39. The molecule has 0 spiro atoms. The first-order valence-electron chi connectivity index (χ1n) is 8.56. The zero-order valence-electron chi connectivity index (χ0n) is 15.2. The molecule has 3 rings (SSSR count). The van der Waals surface area contributed by atoms with Crippen molar-refractivity contribution in [2.45, 2.75) is 36.0 Å². The number of likely N-dealkylation sites (N-methyl/N-ethyl adjacent to an activating group) is 1. The third kappa shape index (κ3) is 3.87. The largest absolute Gasteiger partial charge is 0.417 e. The second kappa shape index (κ2) is 7.11. The van der Waals surface area contributed by atoms with Gasteiger partial charge in [-0.1, -0.05) is 0 Å². The lowest BCUT2D eigenvalue weighted by atomic mass is 10.0. The minimum atomic E-state index is -4.97. The van der Waals surface area contributed by atoms with E-state index in [4.69, 9.17) is 5.73 Å². The van der Waals surface area contributed by atoms with Crippen LogP contribution in [0.1, 0.15) is 24.4 Å². The Kier molecular flexibility index (Phi) is 5.22. The van der Waals surface area contributed by atoms with Crippen molar-refractivity contribution >= 4 is 26.9 Å². The molecule has 2 heterocycles. The number of fused-ring (bicyclic) bond motifs is 1. The first-order valence-corrected chi connectivity index (χ1v) is 10.00. The van der Waals surface area contributed by atoms with Gasteiger partial charge in [-0.15, -0.1) is 0 Å². The number of aromatic nitrogens is 1. The molecular weight excluding hydrogens is 415 g/mol. The molecule has 1 aromatic heterocycles. The molecule has 2 atom stereocenters. The Morgan fingerprint density at radius 2 is 1.97 bits per heavy atom. The highest BCUT2D eigenvalue weighted by molar-refractivity contribution is 7.85. The van der Waals surface area contributed by atoms with Crippen molar-refractivity contribution in [1.82, 2.24) is 9.47 Å². The summed E-state index contributed by atoms with van der Waals surface area (Å²) in [6.45, 7) is 0.620. The fraction of sp³-hybridized carbons (Fsp3) is 0.412. The topological polar surface area (TPSA) is 123 Å². The van der Waals surface area contributed by atoms with Crippen LogP contribution >= 0.6 is 0 Å². The molecule has 3 N–H and O–H groups in total. The second-order valence-electron chi connectivity index (χ2n) is 6.96. The first-order chi connectivity index (χ1) is 13.3. The van der Waals surface area contributed by atoms with Crippen LogP contribution < -0.4 is 11.3 Å². The number of primary amides is 1. The molecule has 2 unspecified atom stereocenters. The van der Waals surface area contributed by atoms with Crippen molar-refractivity contribution in [2.75, 3.05) is 13.6 Å². The van der Waals surface area contributed by atoms with Crippen LogP contribution in [0.5, 0.6) is 0 Å². The van der Waals surface area contributed by atoms with Crippen LogP contribution in [0.25, 0.3) is 10.9 Å². The second-order valence-corrected chi connectivity index (χ2v) is 8.38. The minimum absolute atomic E-state index is 0.304. The van der Waals surface area contributed by atoms with Crippen LogP contribution in [-0.2, 0) is 21.1 Å². The van der Waals surface area contributed by atoms with E-state index in [9.17, 15) is 35.7 Å². The summed E-state index contributed by atoms with van der Waals surface area (Å²) in [5.41, 5.74) is 2.74. The molecule has 2 aromatic rings. The zero-order valence-corrected chi connectivity index (χ0v) is 16.0. The van der Waals surface area contributed by atoms with Gasteiger partial charge in [0.2, 0.25) is 5.91 Å². The Bertz CT molecular complexity index is 1140. The van der Waals surface area contributed by atoms with E-state index in [1.807, 2.05) is 0 Å². The SMILES string of the molecule is CN1CCCC1C(C(N)=O)n1c(=O)cc(C(F)(F)F)c2cc(S(=O)(=O)O)ccc21. The van der Waals surface area contributed by atoms with Gasteiger partial charge in [0.25, 0.3) is 15.7 Å². The summed E-state index contributed by atoms with van der Waals surface area (Å²) in [6, 6.07) is 0.994.